The topological polar surface area (TPSA) is 237 Å². The van der Waals surface area contributed by atoms with Gasteiger partial charge in [0.25, 0.3) is 0 Å². The minimum absolute atomic E-state index is 0.122. The molecule has 0 bridgehead atoms. The Morgan fingerprint density at radius 1 is 1.00 bits per heavy atom. The number of nitrogens with zero attached hydrogens (tertiary/aromatic N) is 1. The van der Waals surface area contributed by atoms with E-state index in [1.165, 1.54) is 19.4 Å². The van der Waals surface area contributed by atoms with Crippen molar-refractivity contribution in [1.82, 2.24) is 25.9 Å². The van der Waals surface area contributed by atoms with Crippen molar-refractivity contribution < 1.29 is 39.3 Å². The van der Waals surface area contributed by atoms with Gasteiger partial charge in [-0.15, -0.1) is 0 Å². The van der Waals surface area contributed by atoms with E-state index in [1.807, 2.05) is 0 Å². The molecule has 1 heterocycles. The number of aliphatic hydroxyl groups excluding tert-OH is 1. The van der Waals surface area contributed by atoms with Crippen LogP contribution in [-0.4, -0.2) is 85.2 Å². The first-order valence-electron chi connectivity index (χ1n) is 10.1. The molecule has 0 saturated heterocycles. The largest absolute Gasteiger partial charge is 0.481 e. The molecule has 5 unspecified atom stereocenters. The maximum Gasteiger partial charge on any atom is 0.326 e. The lowest BCUT2D eigenvalue weighted by Gasteiger charge is -2.25. The average molecular weight is 470 g/mol. The number of nitrogens with one attached hydrogen (secondary N) is 4. The van der Waals surface area contributed by atoms with Crippen LogP contribution < -0.4 is 21.7 Å². The van der Waals surface area contributed by atoms with Gasteiger partial charge in [-0.2, -0.15) is 0 Å². The molecule has 33 heavy (non-hydrogen) atoms. The number of aliphatic hydroxyl groups is 1. The SMILES string of the molecule is CC(C)C(NC(=O)C(Cc1cnc[nH]1)NC(=O)C(CC(=O)O)NC(=O)C(N)C(C)O)C(=O)O. The Hall–Kier alpha value is -3.52. The predicted octanol–water partition coefficient (Wildman–Crippen LogP) is -2.67. The van der Waals surface area contributed by atoms with E-state index in [9.17, 15) is 34.2 Å². The molecule has 0 fully saturated rings. The zero-order valence-electron chi connectivity index (χ0n) is 18.4. The van der Waals surface area contributed by atoms with Gasteiger partial charge in [-0.25, -0.2) is 9.78 Å². The highest BCUT2D eigenvalue weighted by atomic mass is 16.4. The summed E-state index contributed by atoms with van der Waals surface area (Å²) in [5, 5.41) is 34.7. The Morgan fingerprint density at radius 3 is 2.03 bits per heavy atom. The third kappa shape index (κ3) is 8.86. The van der Waals surface area contributed by atoms with Crippen LogP contribution >= 0.6 is 0 Å². The van der Waals surface area contributed by atoms with Gasteiger partial charge in [0.2, 0.25) is 17.7 Å². The average Bonchev–Trinajstić information content (AvgIpc) is 3.22. The molecule has 9 N–H and O–H groups in total. The van der Waals surface area contributed by atoms with Crippen LogP contribution in [0.5, 0.6) is 0 Å². The lowest BCUT2D eigenvalue weighted by atomic mass is 10.0. The van der Waals surface area contributed by atoms with Crippen LogP contribution in [-0.2, 0) is 30.4 Å². The van der Waals surface area contributed by atoms with E-state index in [4.69, 9.17) is 10.8 Å². The number of aliphatic carboxylic acids is 2. The molecule has 14 nitrogen and oxygen atoms in total. The number of carbonyl (C=O) groups excluding carboxylic acids is 3. The Bertz CT molecular complexity index is 841. The van der Waals surface area contributed by atoms with E-state index in [-0.39, 0.29) is 6.42 Å². The molecule has 184 valence electrons. The highest BCUT2D eigenvalue weighted by Gasteiger charge is 2.33. The number of aromatic amines is 1. The van der Waals surface area contributed by atoms with Crippen molar-refractivity contribution in [1.29, 1.82) is 0 Å². The molecule has 0 saturated carbocycles. The predicted molar refractivity (Wildman–Crippen MR) is 112 cm³/mol. The van der Waals surface area contributed by atoms with E-state index in [0.717, 1.165) is 0 Å². The Kier molecular flexibility index (Phi) is 10.4. The molecule has 0 aliphatic carbocycles. The van der Waals surface area contributed by atoms with Gasteiger partial charge in [0.15, 0.2) is 0 Å². The van der Waals surface area contributed by atoms with E-state index in [0.29, 0.717) is 5.69 Å². The number of hydrogen-bond acceptors (Lipinski definition) is 8. The number of hydrogen-bond donors (Lipinski definition) is 8. The first kappa shape index (κ1) is 27.5. The zero-order valence-corrected chi connectivity index (χ0v) is 18.4. The minimum Gasteiger partial charge on any atom is -0.481 e. The molecule has 1 aromatic heterocycles. The van der Waals surface area contributed by atoms with Crippen molar-refractivity contribution >= 4 is 29.7 Å². The normalized spacial score (nSPS) is 15.6. The third-order valence-corrected chi connectivity index (χ3v) is 4.68. The van der Waals surface area contributed by atoms with Crippen molar-refractivity contribution in [2.45, 2.75) is 63.9 Å². The molecular formula is C19H30N6O8. The van der Waals surface area contributed by atoms with Gasteiger partial charge in [-0.1, -0.05) is 13.8 Å². The fourth-order valence-electron chi connectivity index (χ4n) is 2.74. The molecule has 14 heteroatoms. The van der Waals surface area contributed by atoms with Gasteiger partial charge in [0.1, 0.15) is 24.2 Å². The van der Waals surface area contributed by atoms with Crippen molar-refractivity contribution in [2.75, 3.05) is 0 Å². The lowest BCUT2D eigenvalue weighted by Crippen LogP contribution is -2.59. The summed E-state index contributed by atoms with van der Waals surface area (Å²) in [5.41, 5.74) is 5.95. The van der Waals surface area contributed by atoms with E-state index >= 15 is 0 Å². The van der Waals surface area contributed by atoms with Gasteiger partial charge in [-0.3, -0.25) is 19.2 Å². The lowest BCUT2D eigenvalue weighted by molar-refractivity contribution is -0.144. The first-order chi connectivity index (χ1) is 15.3. The van der Waals surface area contributed by atoms with Crippen LogP contribution in [0.2, 0.25) is 0 Å². The van der Waals surface area contributed by atoms with Gasteiger partial charge in [0, 0.05) is 18.3 Å². The van der Waals surface area contributed by atoms with Gasteiger partial charge < -0.3 is 42.0 Å². The number of nitrogens with two attached hydrogens (primary N) is 1. The summed E-state index contributed by atoms with van der Waals surface area (Å²) in [5.74, 6) is -5.96. The fraction of sp³-hybridized carbons (Fsp3) is 0.579. The van der Waals surface area contributed by atoms with Gasteiger partial charge in [-0.05, 0) is 12.8 Å². The molecule has 0 aromatic carbocycles. The van der Waals surface area contributed by atoms with Gasteiger partial charge >= 0.3 is 11.9 Å². The van der Waals surface area contributed by atoms with E-state index in [2.05, 4.69) is 25.9 Å². The molecule has 0 radical (unpaired) electrons. The van der Waals surface area contributed by atoms with Crippen LogP contribution in [0.1, 0.15) is 32.9 Å². The Morgan fingerprint density at radius 2 is 1.58 bits per heavy atom. The van der Waals surface area contributed by atoms with Crippen LogP contribution in [0.25, 0.3) is 0 Å². The summed E-state index contributed by atoms with van der Waals surface area (Å²) in [6, 6.07) is -5.59. The molecule has 1 rings (SSSR count). The minimum atomic E-state index is -1.61. The summed E-state index contributed by atoms with van der Waals surface area (Å²) in [4.78, 5) is 66.9. The van der Waals surface area contributed by atoms with Crippen LogP contribution in [0, 0.1) is 5.92 Å². The molecule has 5 atom stereocenters. The number of carbonyl (C=O) groups is 5. The van der Waals surface area contributed by atoms with Crippen LogP contribution in [0.15, 0.2) is 12.5 Å². The number of imidazole rings is 1. The highest BCUT2D eigenvalue weighted by Crippen LogP contribution is 2.06. The Balaban J connectivity index is 3.09. The van der Waals surface area contributed by atoms with Crippen LogP contribution in [0.4, 0.5) is 0 Å². The molecule has 0 aliphatic heterocycles. The number of H-pyrrole nitrogens is 1. The number of aromatic nitrogens is 2. The van der Waals surface area contributed by atoms with E-state index in [1.54, 1.807) is 13.8 Å². The number of amides is 3. The standard InChI is InChI=1S/C19H30N6O8/c1-8(2)15(19(32)33)25-17(30)11(4-10-6-21-7-22-10)23-16(29)12(5-13(27)28)24-18(31)14(20)9(3)26/h6-9,11-12,14-15,26H,4-5,20H2,1-3H3,(H,21,22)(H,23,29)(H,24,31)(H,25,30)(H,27,28)(H,32,33). The second-order valence-electron chi connectivity index (χ2n) is 7.84. The second-order valence-corrected chi connectivity index (χ2v) is 7.84. The van der Waals surface area contributed by atoms with E-state index < -0.39 is 72.3 Å². The molecule has 3 amide bonds. The first-order valence-corrected chi connectivity index (χ1v) is 10.1. The maximum atomic E-state index is 12.8. The summed E-state index contributed by atoms with van der Waals surface area (Å²) in [6.45, 7) is 4.42. The summed E-state index contributed by atoms with van der Waals surface area (Å²) >= 11 is 0. The van der Waals surface area contributed by atoms with Crippen molar-refractivity contribution in [2.24, 2.45) is 11.7 Å². The highest BCUT2D eigenvalue weighted by molar-refractivity contribution is 5.95. The second kappa shape index (κ2) is 12.5. The Labute approximate surface area is 189 Å². The molecular weight excluding hydrogens is 440 g/mol. The maximum absolute atomic E-state index is 12.8. The summed E-state index contributed by atoms with van der Waals surface area (Å²) in [7, 11) is 0. The van der Waals surface area contributed by atoms with Crippen LogP contribution in [0.3, 0.4) is 0 Å². The fourth-order valence-corrected chi connectivity index (χ4v) is 2.74. The zero-order chi connectivity index (χ0) is 25.3. The number of carboxylic acid groups (broad SMARTS) is 2. The van der Waals surface area contributed by atoms with Crippen molar-refractivity contribution in [3.05, 3.63) is 18.2 Å². The number of carboxylic acids is 2. The number of rotatable bonds is 13. The van der Waals surface area contributed by atoms with Crippen molar-refractivity contribution in [3.63, 3.8) is 0 Å². The summed E-state index contributed by atoms with van der Waals surface area (Å²) < 4.78 is 0. The van der Waals surface area contributed by atoms with Crippen molar-refractivity contribution in [3.8, 4) is 0 Å². The monoisotopic (exact) mass is 470 g/mol. The smallest absolute Gasteiger partial charge is 0.326 e. The summed E-state index contributed by atoms with van der Waals surface area (Å²) in [6.07, 6.45) is 0.517. The third-order valence-electron chi connectivity index (χ3n) is 4.68. The molecule has 0 aliphatic rings. The molecule has 1 aromatic rings. The molecule has 0 spiro atoms. The van der Waals surface area contributed by atoms with Gasteiger partial charge in [0.05, 0.1) is 18.9 Å². The quantitative estimate of drug-likeness (QED) is 0.149.